The van der Waals surface area contributed by atoms with E-state index in [1.165, 1.54) is 31.4 Å². The van der Waals surface area contributed by atoms with Crippen LogP contribution in [0.25, 0.3) is 0 Å². The quantitative estimate of drug-likeness (QED) is 0.716. The minimum atomic E-state index is 0.217. The van der Waals surface area contributed by atoms with Crippen molar-refractivity contribution in [3.05, 3.63) is 23.0 Å². The summed E-state index contributed by atoms with van der Waals surface area (Å²) in [5.74, 6) is 0.859. The molecule has 0 N–H and O–H groups in total. The summed E-state index contributed by atoms with van der Waals surface area (Å²) < 4.78 is 2.39. The summed E-state index contributed by atoms with van der Waals surface area (Å²) >= 11 is 0. The molecule has 2 fully saturated rings. The van der Waals surface area contributed by atoms with Gasteiger partial charge in [0, 0.05) is 55.6 Å². The Balaban J connectivity index is 1.57. The van der Waals surface area contributed by atoms with Crippen LogP contribution in [-0.4, -0.2) is 58.8 Å². The van der Waals surface area contributed by atoms with Crippen LogP contribution in [0.1, 0.15) is 73.7 Å². The van der Waals surface area contributed by atoms with E-state index in [2.05, 4.69) is 43.2 Å². The minimum Gasteiger partial charge on any atom is -0.345 e. The SMILES string of the molecule is Cc1cc(C(=O)CN2CCN(C(=O)CC(C)C)CC2)c(C)n1C1CCCC1. The molecule has 3 rings (SSSR count). The average Bonchev–Trinajstić information content (AvgIpc) is 3.22. The molecule has 0 bridgehead atoms. The van der Waals surface area contributed by atoms with Gasteiger partial charge >= 0.3 is 0 Å². The molecule has 1 aliphatic heterocycles. The first kappa shape index (κ1) is 20.1. The van der Waals surface area contributed by atoms with Crippen molar-refractivity contribution in [2.24, 2.45) is 5.92 Å². The molecule has 5 nitrogen and oxygen atoms in total. The van der Waals surface area contributed by atoms with Crippen molar-refractivity contribution >= 4 is 11.7 Å². The zero-order valence-corrected chi connectivity index (χ0v) is 17.5. The Hall–Kier alpha value is -1.62. The number of carbonyl (C=O) groups is 2. The summed E-state index contributed by atoms with van der Waals surface area (Å²) in [6.07, 6.45) is 5.68. The third kappa shape index (κ3) is 4.63. The first-order chi connectivity index (χ1) is 12.9. The predicted octanol–water partition coefficient (Wildman–Crippen LogP) is 3.59. The van der Waals surface area contributed by atoms with Crippen molar-refractivity contribution in [1.29, 1.82) is 0 Å². The lowest BCUT2D eigenvalue weighted by Gasteiger charge is -2.34. The number of aromatic nitrogens is 1. The smallest absolute Gasteiger partial charge is 0.222 e. The molecule has 1 aromatic heterocycles. The monoisotopic (exact) mass is 373 g/mol. The number of hydrogen-bond acceptors (Lipinski definition) is 3. The molecule has 0 atom stereocenters. The fourth-order valence-electron chi connectivity index (χ4n) is 4.71. The van der Waals surface area contributed by atoms with Gasteiger partial charge in [0.1, 0.15) is 0 Å². The Kier molecular flexibility index (Phi) is 6.40. The summed E-state index contributed by atoms with van der Waals surface area (Å²) in [4.78, 5) is 29.3. The molecule has 2 aliphatic rings. The summed E-state index contributed by atoms with van der Waals surface area (Å²) in [7, 11) is 0. The van der Waals surface area contributed by atoms with Crippen LogP contribution in [0.5, 0.6) is 0 Å². The zero-order chi connectivity index (χ0) is 19.6. The van der Waals surface area contributed by atoms with Crippen molar-refractivity contribution < 1.29 is 9.59 Å². The van der Waals surface area contributed by atoms with E-state index in [4.69, 9.17) is 0 Å². The molecule has 1 saturated carbocycles. The van der Waals surface area contributed by atoms with Gasteiger partial charge in [-0.15, -0.1) is 0 Å². The summed E-state index contributed by atoms with van der Waals surface area (Å²) in [6.45, 7) is 11.9. The van der Waals surface area contributed by atoms with Crippen LogP contribution in [0, 0.1) is 19.8 Å². The molecule has 0 radical (unpaired) electrons. The molecule has 5 heteroatoms. The number of nitrogens with zero attached hydrogens (tertiary/aromatic N) is 3. The second kappa shape index (κ2) is 8.59. The van der Waals surface area contributed by atoms with E-state index in [0.717, 1.165) is 37.4 Å². The molecule has 0 spiro atoms. The minimum absolute atomic E-state index is 0.217. The Morgan fingerprint density at radius 1 is 1.07 bits per heavy atom. The molecule has 2 heterocycles. The summed E-state index contributed by atoms with van der Waals surface area (Å²) in [6, 6.07) is 2.65. The predicted molar refractivity (Wildman–Crippen MR) is 108 cm³/mol. The van der Waals surface area contributed by atoms with Crippen LogP contribution in [0.4, 0.5) is 0 Å². The van der Waals surface area contributed by atoms with E-state index >= 15 is 0 Å². The van der Waals surface area contributed by atoms with E-state index in [-0.39, 0.29) is 11.7 Å². The van der Waals surface area contributed by atoms with Gasteiger partial charge in [-0.3, -0.25) is 14.5 Å². The number of ketones is 1. The second-order valence-corrected chi connectivity index (χ2v) is 8.77. The van der Waals surface area contributed by atoms with Crippen molar-refractivity contribution in [3.63, 3.8) is 0 Å². The zero-order valence-electron chi connectivity index (χ0n) is 17.5. The fourth-order valence-corrected chi connectivity index (χ4v) is 4.71. The highest BCUT2D eigenvalue weighted by molar-refractivity contribution is 5.99. The highest BCUT2D eigenvalue weighted by atomic mass is 16.2. The fraction of sp³-hybridized carbons (Fsp3) is 0.727. The van der Waals surface area contributed by atoms with Gasteiger partial charge in [0.25, 0.3) is 0 Å². The maximum Gasteiger partial charge on any atom is 0.222 e. The van der Waals surface area contributed by atoms with Crippen LogP contribution >= 0.6 is 0 Å². The topological polar surface area (TPSA) is 45.6 Å². The van der Waals surface area contributed by atoms with Gasteiger partial charge in [-0.2, -0.15) is 0 Å². The lowest BCUT2D eigenvalue weighted by molar-refractivity contribution is -0.133. The van der Waals surface area contributed by atoms with Gasteiger partial charge in [0.15, 0.2) is 5.78 Å². The van der Waals surface area contributed by atoms with Crippen LogP contribution in [0.2, 0.25) is 0 Å². The van der Waals surface area contributed by atoms with Crippen LogP contribution in [0.15, 0.2) is 6.07 Å². The number of rotatable bonds is 6. The van der Waals surface area contributed by atoms with E-state index in [0.29, 0.717) is 24.9 Å². The summed E-state index contributed by atoms with van der Waals surface area (Å²) in [5.41, 5.74) is 3.24. The van der Waals surface area contributed by atoms with E-state index in [1.807, 2.05) is 4.90 Å². The van der Waals surface area contributed by atoms with Gasteiger partial charge in [-0.25, -0.2) is 0 Å². The number of hydrogen-bond donors (Lipinski definition) is 0. The standard InChI is InChI=1S/C22H35N3O2/c1-16(2)13-22(27)24-11-9-23(10-12-24)15-21(26)20-14-17(3)25(18(20)4)19-7-5-6-8-19/h14,16,19H,5-13,15H2,1-4H3. The normalized spacial score (nSPS) is 19.2. The Morgan fingerprint density at radius 2 is 1.70 bits per heavy atom. The molecule has 1 aliphatic carbocycles. The number of aryl methyl sites for hydroxylation is 1. The molecule has 0 aromatic carbocycles. The average molecular weight is 374 g/mol. The second-order valence-electron chi connectivity index (χ2n) is 8.77. The molecule has 1 aromatic rings. The first-order valence-corrected chi connectivity index (χ1v) is 10.6. The highest BCUT2D eigenvalue weighted by Crippen LogP contribution is 2.33. The van der Waals surface area contributed by atoms with Gasteiger partial charge in [-0.1, -0.05) is 26.7 Å². The van der Waals surface area contributed by atoms with Crippen molar-refractivity contribution in [1.82, 2.24) is 14.4 Å². The van der Waals surface area contributed by atoms with Crippen molar-refractivity contribution in [3.8, 4) is 0 Å². The van der Waals surface area contributed by atoms with Crippen LogP contribution in [0.3, 0.4) is 0 Å². The molecule has 150 valence electrons. The number of piperazine rings is 1. The van der Waals surface area contributed by atoms with Gasteiger partial charge in [0.2, 0.25) is 5.91 Å². The van der Waals surface area contributed by atoms with Gasteiger partial charge in [-0.05, 0) is 38.7 Å². The van der Waals surface area contributed by atoms with Crippen LogP contribution < -0.4 is 0 Å². The Morgan fingerprint density at radius 3 is 2.30 bits per heavy atom. The van der Waals surface area contributed by atoms with Crippen molar-refractivity contribution in [2.45, 2.75) is 65.8 Å². The number of amides is 1. The number of Topliss-reactive ketones (excluding diaryl/α,β-unsaturated/α-hetero) is 1. The molecule has 1 amide bonds. The number of carbonyl (C=O) groups excluding carboxylic acids is 2. The van der Waals surface area contributed by atoms with Crippen LogP contribution in [-0.2, 0) is 4.79 Å². The lowest BCUT2D eigenvalue weighted by Crippen LogP contribution is -2.50. The Bertz CT molecular complexity index is 678. The van der Waals surface area contributed by atoms with Gasteiger partial charge < -0.3 is 9.47 Å². The molecule has 1 saturated heterocycles. The van der Waals surface area contributed by atoms with Crippen molar-refractivity contribution in [2.75, 3.05) is 32.7 Å². The molecule has 0 unspecified atom stereocenters. The van der Waals surface area contributed by atoms with E-state index in [9.17, 15) is 9.59 Å². The maximum absolute atomic E-state index is 12.9. The first-order valence-electron chi connectivity index (χ1n) is 10.6. The Labute approximate surface area is 163 Å². The van der Waals surface area contributed by atoms with E-state index in [1.54, 1.807) is 0 Å². The lowest BCUT2D eigenvalue weighted by atomic mass is 10.1. The highest BCUT2D eigenvalue weighted by Gasteiger charge is 2.26. The molecule has 27 heavy (non-hydrogen) atoms. The third-order valence-corrected chi connectivity index (χ3v) is 6.15. The summed E-state index contributed by atoms with van der Waals surface area (Å²) in [5, 5.41) is 0. The largest absolute Gasteiger partial charge is 0.345 e. The van der Waals surface area contributed by atoms with E-state index < -0.39 is 0 Å². The molecular weight excluding hydrogens is 338 g/mol. The van der Waals surface area contributed by atoms with Gasteiger partial charge in [0.05, 0.1) is 6.54 Å². The molecular formula is C22H35N3O2. The maximum atomic E-state index is 12.9. The third-order valence-electron chi connectivity index (χ3n) is 6.15.